The van der Waals surface area contributed by atoms with Crippen LogP contribution in [0.4, 0.5) is 4.79 Å². The molecule has 11 heteroatoms. The highest BCUT2D eigenvalue weighted by Gasteiger charge is 2.64. The molecule has 1 spiro atoms. The Labute approximate surface area is 330 Å². The Morgan fingerprint density at radius 3 is 2.07 bits per heavy atom. The van der Waals surface area contributed by atoms with Crippen molar-refractivity contribution in [2.75, 3.05) is 12.3 Å². The first-order chi connectivity index (χ1) is 25.9. The third kappa shape index (κ3) is 8.96. The Balaban J connectivity index is 1.28. The number of urea groups is 1. The molecule has 0 radical (unpaired) electrons. The minimum Gasteiger partial charge on any atom is -0.332 e. The van der Waals surface area contributed by atoms with Crippen LogP contribution in [-0.4, -0.2) is 77.3 Å². The van der Waals surface area contributed by atoms with Gasteiger partial charge in [0, 0.05) is 25.3 Å². The van der Waals surface area contributed by atoms with Gasteiger partial charge in [0.15, 0.2) is 21.4 Å². The van der Waals surface area contributed by atoms with Gasteiger partial charge in [0.1, 0.15) is 6.04 Å². The van der Waals surface area contributed by atoms with Crippen LogP contribution in [0.5, 0.6) is 0 Å². The number of nitrogens with zero attached hydrogens (tertiary/aromatic N) is 1. The quantitative estimate of drug-likeness (QED) is 0.122. The maximum atomic E-state index is 15.3. The molecule has 1 unspecified atom stereocenters. The lowest BCUT2D eigenvalue weighted by Gasteiger charge is -2.44. The molecule has 3 amide bonds. The van der Waals surface area contributed by atoms with Crippen molar-refractivity contribution in [2.24, 2.45) is 34.5 Å². The van der Waals surface area contributed by atoms with E-state index in [1.165, 1.54) is 0 Å². The smallest absolute Gasteiger partial charge is 0.315 e. The highest BCUT2D eigenvalue weighted by Crippen LogP contribution is 2.66. The van der Waals surface area contributed by atoms with Crippen LogP contribution in [0.2, 0.25) is 0 Å². The summed E-state index contributed by atoms with van der Waals surface area (Å²) in [5, 5.41) is 6.28. The first kappa shape index (κ1) is 42.1. The van der Waals surface area contributed by atoms with Gasteiger partial charge in [0.05, 0.1) is 22.1 Å². The largest absolute Gasteiger partial charge is 0.332 e. The van der Waals surface area contributed by atoms with Crippen molar-refractivity contribution < 1.29 is 32.4 Å². The zero-order valence-corrected chi connectivity index (χ0v) is 35.0. The van der Waals surface area contributed by atoms with E-state index in [1.807, 2.05) is 0 Å². The van der Waals surface area contributed by atoms with Crippen LogP contribution < -0.4 is 10.6 Å². The van der Waals surface area contributed by atoms with Gasteiger partial charge in [-0.25, -0.2) is 13.2 Å². The molecule has 6 aliphatic rings. The summed E-state index contributed by atoms with van der Waals surface area (Å²) in [6.45, 7) is 11.3. The summed E-state index contributed by atoms with van der Waals surface area (Å²) < 4.78 is 26.1. The number of carbonyl (C=O) groups is 5. The van der Waals surface area contributed by atoms with Crippen LogP contribution in [0, 0.1) is 34.5 Å². The normalized spacial score (nSPS) is 28.0. The molecule has 6 rings (SSSR count). The molecule has 6 fully saturated rings. The standard InChI is InChI=1S/C44H69N3O7S/c1-6-7-17-34(48)37(50)31(26-30-15-14-16-30)27-35(49)36-32-18-23-43(24-25-43)33(32)28-47(36)39(51)38(42(5)19-10-8-11-20-42)45-40(52)46-44(21-12-9-13-22-44)29-55(53,54)41(2,3)4/h6,30-33,36,38H,1,7-29H2,2-5H3,(H2,45,46,52)/t31?,32-,33-,36-,38+/m0/s1. The van der Waals surface area contributed by atoms with E-state index >= 15 is 4.79 Å². The highest BCUT2D eigenvalue weighted by atomic mass is 32.2. The van der Waals surface area contributed by atoms with Crippen molar-refractivity contribution in [2.45, 2.75) is 185 Å². The maximum Gasteiger partial charge on any atom is 0.315 e. The minimum absolute atomic E-state index is 0.00313. The molecule has 0 aromatic rings. The Kier molecular flexibility index (Phi) is 12.5. The summed E-state index contributed by atoms with van der Waals surface area (Å²) >= 11 is 0. The van der Waals surface area contributed by atoms with E-state index in [9.17, 15) is 27.6 Å². The molecule has 10 nitrogen and oxygen atoms in total. The molecule has 308 valence electrons. The summed E-state index contributed by atoms with van der Waals surface area (Å²) in [4.78, 5) is 72.7. The summed E-state index contributed by atoms with van der Waals surface area (Å²) in [5.41, 5.74) is -1.32. The second-order valence-electron chi connectivity index (χ2n) is 20.1. The summed E-state index contributed by atoms with van der Waals surface area (Å²) in [7, 11) is -3.56. The van der Waals surface area contributed by atoms with Crippen LogP contribution >= 0.6 is 0 Å². The molecule has 1 heterocycles. The van der Waals surface area contributed by atoms with Crippen molar-refractivity contribution >= 4 is 39.1 Å². The molecular weight excluding hydrogens is 715 g/mol. The predicted octanol–water partition coefficient (Wildman–Crippen LogP) is 7.43. The topological polar surface area (TPSA) is 147 Å². The fourth-order valence-electron chi connectivity index (χ4n) is 11.2. The van der Waals surface area contributed by atoms with E-state index in [1.54, 1.807) is 31.7 Å². The molecule has 55 heavy (non-hydrogen) atoms. The average molecular weight is 784 g/mol. The van der Waals surface area contributed by atoms with Crippen molar-refractivity contribution in [3.63, 3.8) is 0 Å². The number of fused-ring (bicyclic) bond motifs is 2. The molecule has 5 atom stereocenters. The molecular formula is C44H69N3O7S. The number of hydrogen-bond donors (Lipinski definition) is 2. The van der Waals surface area contributed by atoms with Gasteiger partial charge in [-0.2, -0.15) is 0 Å². The van der Waals surface area contributed by atoms with Crippen LogP contribution in [0.1, 0.15) is 163 Å². The van der Waals surface area contributed by atoms with Crippen molar-refractivity contribution in [3.05, 3.63) is 12.7 Å². The number of amides is 3. The lowest BCUT2D eigenvalue weighted by atomic mass is 9.70. The predicted molar refractivity (Wildman–Crippen MR) is 214 cm³/mol. The SMILES string of the molecule is C=CCCC(=O)C(=O)C(CC(=O)[C@@H]1[C@H]2CCC3(CC3)[C@H]2CN1C(=O)[C@@H](NC(=O)NC1(CS(=O)(=O)C(C)(C)C)CCCCC1)C1(C)CCCCC1)CC1CCC1. The fraction of sp³-hybridized carbons (Fsp3) is 0.841. The fourth-order valence-corrected chi connectivity index (χ4v) is 12.7. The first-order valence-electron chi connectivity index (χ1n) is 21.8. The first-order valence-corrected chi connectivity index (χ1v) is 23.4. The van der Waals surface area contributed by atoms with Gasteiger partial charge < -0.3 is 15.5 Å². The number of ketones is 3. The Hall–Kier alpha value is -2.56. The number of hydrogen-bond acceptors (Lipinski definition) is 7. The zero-order chi connectivity index (χ0) is 39.8. The number of carbonyl (C=O) groups excluding carboxylic acids is 5. The maximum absolute atomic E-state index is 15.3. The van der Waals surface area contributed by atoms with Crippen LogP contribution in [0.3, 0.4) is 0 Å². The summed E-state index contributed by atoms with van der Waals surface area (Å²) in [6.07, 6.45) is 17.9. The van der Waals surface area contributed by atoms with Crippen molar-refractivity contribution in [3.8, 4) is 0 Å². The molecule has 5 aliphatic carbocycles. The zero-order valence-electron chi connectivity index (χ0n) is 34.2. The lowest BCUT2D eigenvalue weighted by Crippen LogP contribution is -2.64. The Morgan fingerprint density at radius 2 is 1.51 bits per heavy atom. The average Bonchev–Trinajstić information content (AvgIpc) is 3.68. The van der Waals surface area contributed by atoms with Gasteiger partial charge in [-0.1, -0.05) is 70.8 Å². The Bertz CT molecular complexity index is 1590. The van der Waals surface area contributed by atoms with Gasteiger partial charge in [-0.05, 0) is 114 Å². The van der Waals surface area contributed by atoms with E-state index < -0.39 is 61.1 Å². The molecule has 1 aliphatic heterocycles. The van der Waals surface area contributed by atoms with Crippen LogP contribution in [0.25, 0.3) is 0 Å². The van der Waals surface area contributed by atoms with Crippen molar-refractivity contribution in [1.29, 1.82) is 0 Å². The number of sulfone groups is 1. The van der Waals surface area contributed by atoms with Gasteiger partial charge >= 0.3 is 6.03 Å². The molecule has 5 saturated carbocycles. The van der Waals surface area contributed by atoms with E-state index in [-0.39, 0.29) is 47.5 Å². The summed E-state index contributed by atoms with van der Waals surface area (Å²) in [5.74, 6) is -1.60. The van der Waals surface area contributed by atoms with Gasteiger partial charge in [-0.3, -0.25) is 19.2 Å². The van der Waals surface area contributed by atoms with Crippen LogP contribution in [-0.2, 0) is 29.0 Å². The third-order valence-corrected chi connectivity index (χ3v) is 18.0. The molecule has 0 aromatic carbocycles. The number of Topliss-reactive ketones (excluding diaryl/α,β-unsaturated/α-hetero) is 3. The van der Waals surface area contributed by atoms with Gasteiger partial charge in [-0.15, -0.1) is 6.58 Å². The Morgan fingerprint density at radius 1 is 0.873 bits per heavy atom. The van der Waals surface area contributed by atoms with Gasteiger partial charge in [0.2, 0.25) is 11.7 Å². The molecule has 0 aromatic heterocycles. The number of allylic oxidation sites excluding steroid dienone is 1. The molecule has 0 bridgehead atoms. The molecule has 2 N–H and O–H groups in total. The highest BCUT2D eigenvalue weighted by molar-refractivity contribution is 7.92. The monoisotopic (exact) mass is 783 g/mol. The molecule has 1 saturated heterocycles. The van der Waals surface area contributed by atoms with Gasteiger partial charge in [0.25, 0.3) is 0 Å². The van der Waals surface area contributed by atoms with E-state index in [4.69, 9.17) is 0 Å². The van der Waals surface area contributed by atoms with E-state index in [0.29, 0.717) is 38.1 Å². The van der Waals surface area contributed by atoms with Crippen LogP contribution in [0.15, 0.2) is 12.7 Å². The van der Waals surface area contributed by atoms with E-state index in [0.717, 1.165) is 96.3 Å². The number of rotatable bonds is 16. The second kappa shape index (κ2) is 16.4. The van der Waals surface area contributed by atoms with Crippen molar-refractivity contribution in [1.82, 2.24) is 15.5 Å². The number of nitrogens with one attached hydrogen (secondary N) is 2. The number of likely N-dealkylation sites (tertiary alicyclic amines) is 1. The second-order valence-corrected chi connectivity index (χ2v) is 22.8. The lowest BCUT2D eigenvalue weighted by molar-refractivity contribution is -0.145. The minimum atomic E-state index is -3.56. The summed E-state index contributed by atoms with van der Waals surface area (Å²) in [6, 6.07) is -2.12. The van der Waals surface area contributed by atoms with E-state index in [2.05, 4.69) is 24.1 Å². The third-order valence-electron chi connectivity index (χ3n) is 15.2.